The lowest BCUT2D eigenvalue weighted by Gasteiger charge is -2.09. The normalized spacial score (nSPS) is 11.0. The minimum Gasteiger partial charge on any atom is -0.497 e. The minimum atomic E-state index is 0.728. The molecule has 2 aromatic rings. The van der Waals surface area contributed by atoms with Crippen molar-refractivity contribution in [3.63, 3.8) is 0 Å². The van der Waals surface area contributed by atoms with Crippen LogP contribution in [-0.2, 0) is 6.42 Å². The molecule has 2 aromatic carbocycles. The van der Waals surface area contributed by atoms with Crippen LogP contribution in [0.1, 0.15) is 18.9 Å². The van der Waals surface area contributed by atoms with Crippen LogP contribution >= 0.6 is 8.58 Å². The topological polar surface area (TPSA) is 9.23 Å². The van der Waals surface area contributed by atoms with E-state index in [1.165, 1.54) is 29.0 Å². The third kappa shape index (κ3) is 3.34. The van der Waals surface area contributed by atoms with Crippen molar-refractivity contribution in [3.05, 3.63) is 54.1 Å². The quantitative estimate of drug-likeness (QED) is 0.748. The zero-order chi connectivity index (χ0) is 12.8. The lowest BCUT2D eigenvalue weighted by atomic mass is 10.1. The zero-order valence-electron chi connectivity index (χ0n) is 10.9. The van der Waals surface area contributed by atoms with Crippen LogP contribution in [0.15, 0.2) is 48.5 Å². The molecule has 0 spiro atoms. The van der Waals surface area contributed by atoms with Gasteiger partial charge < -0.3 is 4.74 Å². The average molecular weight is 258 g/mol. The molecule has 0 amide bonds. The highest BCUT2D eigenvalue weighted by molar-refractivity contribution is 7.55. The summed E-state index contributed by atoms with van der Waals surface area (Å²) in [5.74, 6) is 0.922. The molecule has 94 valence electrons. The molecule has 0 bridgehead atoms. The van der Waals surface area contributed by atoms with Crippen molar-refractivity contribution in [2.24, 2.45) is 0 Å². The first-order chi connectivity index (χ1) is 8.83. The van der Waals surface area contributed by atoms with E-state index in [4.69, 9.17) is 4.74 Å². The smallest absolute Gasteiger partial charge is 0.118 e. The highest BCUT2D eigenvalue weighted by Crippen LogP contribution is 2.17. The molecule has 1 unspecified atom stereocenters. The van der Waals surface area contributed by atoms with Gasteiger partial charge in [0.2, 0.25) is 0 Å². The molecular weight excluding hydrogens is 239 g/mol. The van der Waals surface area contributed by atoms with Gasteiger partial charge in [0.05, 0.1) is 7.11 Å². The third-order valence-corrected chi connectivity index (χ3v) is 4.28. The van der Waals surface area contributed by atoms with Gasteiger partial charge in [0, 0.05) is 0 Å². The minimum absolute atomic E-state index is 0.728. The van der Waals surface area contributed by atoms with Gasteiger partial charge in [0.25, 0.3) is 0 Å². The number of methoxy groups -OCH3 is 1. The first-order valence-electron chi connectivity index (χ1n) is 6.32. The van der Waals surface area contributed by atoms with E-state index >= 15 is 0 Å². The molecule has 0 radical (unpaired) electrons. The van der Waals surface area contributed by atoms with E-state index < -0.39 is 0 Å². The Hall–Kier alpha value is -1.33. The maximum Gasteiger partial charge on any atom is 0.118 e. The Labute approximate surface area is 111 Å². The summed E-state index contributed by atoms with van der Waals surface area (Å²) in [5, 5.41) is 2.82. The second-order valence-corrected chi connectivity index (χ2v) is 5.63. The molecule has 0 fully saturated rings. The number of hydrogen-bond donors (Lipinski definition) is 0. The molecule has 2 rings (SSSR count). The molecule has 1 nitrogen and oxygen atoms in total. The number of benzene rings is 2. The van der Waals surface area contributed by atoms with E-state index in [9.17, 15) is 0 Å². The maximum absolute atomic E-state index is 5.18. The Morgan fingerprint density at radius 1 is 1.00 bits per heavy atom. The second-order valence-electron chi connectivity index (χ2n) is 4.26. The maximum atomic E-state index is 5.18. The van der Waals surface area contributed by atoms with Crippen molar-refractivity contribution in [3.8, 4) is 5.75 Å². The van der Waals surface area contributed by atoms with Gasteiger partial charge in [0.15, 0.2) is 0 Å². The Morgan fingerprint density at radius 2 is 1.72 bits per heavy atom. The molecule has 0 aliphatic carbocycles. The van der Waals surface area contributed by atoms with Crippen molar-refractivity contribution in [2.75, 3.05) is 7.11 Å². The summed E-state index contributed by atoms with van der Waals surface area (Å²) < 4.78 is 5.18. The van der Waals surface area contributed by atoms with Crippen molar-refractivity contribution < 1.29 is 4.74 Å². The predicted molar refractivity (Wildman–Crippen MR) is 81.0 cm³/mol. The first-order valence-corrected chi connectivity index (χ1v) is 7.32. The fourth-order valence-corrected chi connectivity index (χ4v) is 3.15. The number of aryl methyl sites for hydroxylation is 1. The van der Waals surface area contributed by atoms with Gasteiger partial charge in [-0.25, -0.2) is 0 Å². The first kappa shape index (κ1) is 13.1. The fraction of sp³-hybridized carbons (Fsp3) is 0.250. The predicted octanol–water partition coefficient (Wildman–Crippen LogP) is 3.28. The van der Waals surface area contributed by atoms with Gasteiger partial charge >= 0.3 is 0 Å². The molecule has 0 aromatic heterocycles. The Bertz CT molecular complexity index is 491. The third-order valence-electron chi connectivity index (χ3n) is 2.91. The highest BCUT2D eigenvalue weighted by atomic mass is 31.1. The molecule has 18 heavy (non-hydrogen) atoms. The Kier molecular flexibility index (Phi) is 4.78. The van der Waals surface area contributed by atoms with Crippen LogP contribution < -0.4 is 15.3 Å². The van der Waals surface area contributed by atoms with Crippen LogP contribution in [0.3, 0.4) is 0 Å². The van der Waals surface area contributed by atoms with E-state index in [0.717, 1.165) is 14.3 Å². The van der Waals surface area contributed by atoms with Crippen molar-refractivity contribution >= 4 is 19.2 Å². The van der Waals surface area contributed by atoms with Gasteiger partial charge in [0.1, 0.15) is 5.75 Å². The van der Waals surface area contributed by atoms with Crippen LogP contribution in [0, 0.1) is 0 Å². The molecule has 1 atom stereocenters. The van der Waals surface area contributed by atoms with Crippen molar-refractivity contribution in [2.45, 2.75) is 19.8 Å². The zero-order valence-corrected chi connectivity index (χ0v) is 11.9. The molecule has 0 heterocycles. The van der Waals surface area contributed by atoms with Crippen LogP contribution in [0.4, 0.5) is 0 Å². The van der Waals surface area contributed by atoms with Gasteiger partial charge in [-0.1, -0.05) is 58.3 Å². The van der Waals surface area contributed by atoms with E-state index in [1.54, 1.807) is 7.11 Å². The monoisotopic (exact) mass is 258 g/mol. The van der Waals surface area contributed by atoms with E-state index in [2.05, 4.69) is 43.3 Å². The summed E-state index contributed by atoms with van der Waals surface area (Å²) in [4.78, 5) is 0. The molecule has 0 aliphatic heterocycles. The molecule has 2 heteroatoms. The van der Waals surface area contributed by atoms with Gasteiger partial charge in [-0.05, 0) is 34.7 Å². The van der Waals surface area contributed by atoms with Gasteiger partial charge in [-0.15, -0.1) is 0 Å². The summed E-state index contributed by atoms with van der Waals surface area (Å²) >= 11 is 0. The fourth-order valence-electron chi connectivity index (χ4n) is 1.96. The molecular formula is C16H19OP. The van der Waals surface area contributed by atoms with Gasteiger partial charge in [-0.3, -0.25) is 0 Å². The van der Waals surface area contributed by atoms with Crippen LogP contribution in [-0.4, -0.2) is 7.11 Å². The van der Waals surface area contributed by atoms with Gasteiger partial charge in [-0.2, -0.15) is 0 Å². The lowest BCUT2D eigenvalue weighted by molar-refractivity contribution is 0.415. The molecule has 0 saturated heterocycles. The molecule has 0 saturated carbocycles. The van der Waals surface area contributed by atoms with Crippen LogP contribution in [0.2, 0.25) is 0 Å². The summed E-state index contributed by atoms with van der Waals surface area (Å²) in [7, 11) is 2.43. The highest BCUT2D eigenvalue weighted by Gasteiger charge is 2.02. The molecule has 0 aliphatic rings. The summed E-state index contributed by atoms with van der Waals surface area (Å²) in [6, 6.07) is 17.1. The van der Waals surface area contributed by atoms with Crippen LogP contribution in [0.25, 0.3) is 0 Å². The SMILES string of the molecule is CCCc1ccccc1Pc1ccc(OC)cc1. The van der Waals surface area contributed by atoms with Crippen molar-refractivity contribution in [1.29, 1.82) is 0 Å². The summed E-state index contributed by atoms with van der Waals surface area (Å²) in [6.45, 7) is 2.23. The number of rotatable bonds is 5. The van der Waals surface area contributed by atoms with E-state index in [1.807, 2.05) is 12.1 Å². The Balaban J connectivity index is 2.17. The largest absolute Gasteiger partial charge is 0.497 e. The lowest BCUT2D eigenvalue weighted by Crippen LogP contribution is -2.08. The number of hydrogen-bond acceptors (Lipinski definition) is 1. The number of ether oxygens (including phenoxy) is 1. The molecule has 0 N–H and O–H groups in total. The van der Waals surface area contributed by atoms with E-state index in [-0.39, 0.29) is 0 Å². The van der Waals surface area contributed by atoms with Crippen LogP contribution in [0.5, 0.6) is 5.75 Å². The summed E-state index contributed by atoms with van der Waals surface area (Å²) in [5.41, 5.74) is 1.48. The standard InChI is InChI=1S/C16H19OP/c1-3-6-13-7-4-5-8-16(13)18-15-11-9-14(17-2)10-12-15/h4-5,7-12,18H,3,6H2,1-2H3. The Morgan fingerprint density at radius 3 is 2.39 bits per heavy atom. The average Bonchev–Trinajstić information content (AvgIpc) is 2.42. The summed E-state index contributed by atoms with van der Waals surface area (Å²) in [6.07, 6.45) is 2.36. The second kappa shape index (κ2) is 6.56. The van der Waals surface area contributed by atoms with Crippen molar-refractivity contribution in [1.82, 2.24) is 0 Å². The van der Waals surface area contributed by atoms with E-state index in [0.29, 0.717) is 0 Å².